The maximum absolute atomic E-state index is 12.5. The van der Waals surface area contributed by atoms with Crippen LogP contribution in [0.3, 0.4) is 0 Å². The van der Waals surface area contributed by atoms with Gasteiger partial charge in [-0.15, -0.1) is 0 Å². The van der Waals surface area contributed by atoms with E-state index in [-0.39, 0.29) is 11.9 Å². The van der Waals surface area contributed by atoms with Gasteiger partial charge in [0.2, 0.25) is 5.91 Å². The minimum Gasteiger partial charge on any atom is -0.381 e. The van der Waals surface area contributed by atoms with E-state index < -0.39 is 0 Å². The predicted molar refractivity (Wildman–Crippen MR) is 101 cm³/mol. The van der Waals surface area contributed by atoms with Crippen molar-refractivity contribution in [3.05, 3.63) is 48.0 Å². The molecule has 27 heavy (non-hydrogen) atoms. The summed E-state index contributed by atoms with van der Waals surface area (Å²) in [4.78, 5) is 19.1. The molecule has 2 aromatic rings. The van der Waals surface area contributed by atoms with Crippen LogP contribution in [0.25, 0.3) is 0 Å². The van der Waals surface area contributed by atoms with Crippen molar-refractivity contribution in [2.24, 2.45) is 5.92 Å². The van der Waals surface area contributed by atoms with Gasteiger partial charge in [0.15, 0.2) is 0 Å². The molecule has 144 valence electrons. The lowest BCUT2D eigenvalue weighted by Crippen LogP contribution is -2.42. The van der Waals surface area contributed by atoms with Crippen molar-refractivity contribution in [2.75, 3.05) is 26.3 Å². The molecule has 0 aliphatic carbocycles. The van der Waals surface area contributed by atoms with Crippen molar-refractivity contribution in [2.45, 2.75) is 38.4 Å². The van der Waals surface area contributed by atoms with Crippen molar-refractivity contribution in [1.29, 1.82) is 0 Å². The van der Waals surface area contributed by atoms with Crippen LogP contribution in [0.5, 0.6) is 0 Å². The number of pyridine rings is 1. The average molecular weight is 369 g/mol. The second kappa shape index (κ2) is 8.63. The third kappa shape index (κ3) is 4.73. The van der Waals surface area contributed by atoms with Crippen LogP contribution in [0.2, 0.25) is 0 Å². The van der Waals surface area contributed by atoms with Gasteiger partial charge >= 0.3 is 0 Å². The van der Waals surface area contributed by atoms with E-state index in [4.69, 9.17) is 4.74 Å². The smallest absolute Gasteiger partial charge is 0.222 e. The van der Waals surface area contributed by atoms with E-state index in [9.17, 15) is 4.79 Å². The largest absolute Gasteiger partial charge is 0.381 e. The number of hydrogen-bond acceptors (Lipinski definition) is 5. The van der Waals surface area contributed by atoms with E-state index in [0.29, 0.717) is 18.9 Å². The zero-order chi connectivity index (χ0) is 18.5. The first kappa shape index (κ1) is 18.1. The predicted octanol–water partition coefficient (Wildman–Crippen LogP) is 1.77. The van der Waals surface area contributed by atoms with Gasteiger partial charge in [0, 0.05) is 58.0 Å². The Balaban J connectivity index is 1.35. The molecular formula is C20H27N5O2. The fourth-order valence-electron chi connectivity index (χ4n) is 4.04. The highest BCUT2D eigenvalue weighted by atomic mass is 16.5. The van der Waals surface area contributed by atoms with Crippen LogP contribution in [-0.2, 0) is 22.6 Å². The highest BCUT2D eigenvalue weighted by Gasteiger charge is 2.29. The molecular weight excluding hydrogens is 342 g/mol. The zero-order valence-corrected chi connectivity index (χ0v) is 15.6. The number of carbonyl (C=O) groups excluding carboxylic acids is 1. The van der Waals surface area contributed by atoms with E-state index in [1.165, 1.54) is 5.69 Å². The lowest BCUT2D eigenvalue weighted by Gasteiger charge is -2.36. The van der Waals surface area contributed by atoms with Crippen molar-refractivity contribution in [3.63, 3.8) is 0 Å². The van der Waals surface area contributed by atoms with Gasteiger partial charge in [0.25, 0.3) is 0 Å². The third-order valence-corrected chi connectivity index (χ3v) is 5.44. The van der Waals surface area contributed by atoms with Gasteiger partial charge in [-0.1, -0.05) is 6.07 Å². The standard InChI is InChI=1S/C20H27N5O2/c26-20(22-12-17-2-1-6-21-11-17)10-19-15-24(13-16-4-8-27-9-5-16)14-18-3-7-23-25(18)19/h1-3,6-7,11,16,19H,4-5,8-10,12-15H2,(H,22,26)/t19-/m1/s1. The van der Waals surface area contributed by atoms with E-state index in [0.717, 1.165) is 51.3 Å². The Hall–Kier alpha value is -2.25. The topological polar surface area (TPSA) is 72.3 Å². The van der Waals surface area contributed by atoms with Crippen molar-refractivity contribution in [3.8, 4) is 0 Å². The molecule has 0 spiro atoms. The second-order valence-electron chi connectivity index (χ2n) is 7.51. The average Bonchev–Trinajstić information content (AvgIpc) is 3.17. The summed E-state index contributed by atoms with van der Waals surface area (Å²) in [5.41, 5.74) is 2.20. The summed E-state index contributed by atoms with van der Waals surface area (Å²) < 4.78 is 7.51. The Morgan fingerprint density at radius 1 is 1.26 bits per heavy atom. The first-order valence-electron chi connectivity index (χ1n) is 9.76. The van der Waals surface area contributed by atoms with Crippen LogP contribution < -0.4 is 5.32 Å². The monoisotopic (exact) mass is 369 g/mol. The van der Waals surface area contributed by atoms with Crippen LogP contribution in [0, 0.1) is 5.92 Å². The molecule has 1 atom stereocenters. The molecule has 7 heteroatoms. The summed E-state index contributed by atoms with van der Waals surface area (Å²) in [7, 11) is 0. The van der Waals surface area contributed by atoms with Crippen LogP contribution in [0.15, 0.2) is 36.8 Å². The maximum Gasteiger partial charge on any atom is 0.222 e. The van der Waals surface area contributed by atoms with Crippen LogP contribution >= 0.6 is 0 Å². The number of ether oxygens (including phenoxy) is 1. The van der Waals surface area contributed by atoms with E-state index in [2.05, 4.69) is 26.4 Å². The molecule has 2 aliphatic heterocycles. The first-order chi connectivity index (χ1) is 13.3. The third-order valence-electron chi connectivity index (χ3n) is 5.44. The number of fused-ring (bicyclic) bond motifs is 1. The fourth-order valence-corrected chi connectivity index (χ4v) is 4.04. The molecule has 0 unspecified atom stereocenters. The fraction of sp³-hybridized carbons (Fsp3) is 0.550. The molecule has 2 aliphatic rings. The maximum atomic E-state index is 12.5. The Labute approximate surface area is 159 Å². The van der Waals surface area contributed by atoms with E-state index >= 15 is 0 Å². The molecule has 0 aromatic carbocycles. The van der Waals surface area contributed by atoms with Gasteiger partial charge in [-0.3, -0.25) is 19.4 Å². The molecule has 0 bridgehead atoms. The Morgan fingerprint density at radius 2 is 2.15 bits per heavy atom. The summed E-state index contributed by atoms with van der Waals surface area (Å²) in [5, 5.41) is 7.48. The van der Waals surface area contributed by atoms with Crippen LogP contribution in [0.4, 0.5) is 0 Å². The Kier molecular flexibility index (Phi) is 5.79. The number of amides is 1. The SMILES string of the molecule is O=C(C[C@@H]1CN(CC2CCOCC2)Cc2ccnn21)NCc1cccnc1. The number of aromatic nitrogens is 3. The van der Waals surface area contributed by atoms with E-state index in [1.54, 1.807) is 12.4 Å². The van der Waals surface area contributed by atoms with Crippen molar-refractivity contribution in [1.82, 2.24) is 25.0 Å². The summed E-state index contributed by atoms with van der Waals surface area (Å²) in [6.45, 7) is 5.10. The van der Waals surface area contributed by atoms with Gasteiger partial charge in [0.05, 0.1) is 18.2 Å². The number of nitrogens with zero attached hydrogens (tertiary/aromatic N) is 4. The number of rotatable bonds is 6. The molecule has 2 aromatic heterocycles. The molecule has 0 saturated carbocycles. The minimum absolute atomic E-state index is 0.0539. The second-order valence-corrected chi connectivity index (χ2v) is 7.51. The van der Waals surface area contributed by atoms with Crippen molar-refractivity contribution < 1.29 is 9.53 Å². The van der Waals surface area contributed by atoms with E-state index in [1.807, 2.05) is 23.0 Å². The molecule has 7 nitrogen and oxygen atoms in total. The number of nitrogens with one attached hydrogen (secondary N) is 1. The van der Waals surface area contributed by atoms with Gasteiger partial charge < -0.3 is 10.1 Å². The van der Waals surface area contributed by atoms with Crippen LogP contribution in [-0.4, -0.2) is 51.9 Å². The Morgan fingerprint density at radius 3 is 2.96 bits per heavy atom. The van der Waals surface area contributed by atoms with Gasteiger partial charge in [0.1, 0.15) is 0 Å². The molecule has 1 saturated heterocycles. The first-order valence-corrected chi connectivity index (χ1v) is 9.76. The molecule has 4 rings (SSSR count). The molecule has 4 heterocycles. The zero-order valence-electron chi connectivity index (χ0n) is 15.6. The normalized spacial score (nSPS) is 21.0. The summed E-state index contributed by atoms with van der Waals surface area (Å²) in [5.74, 6) is 0.742. The summed E-state index contributed by atoms with van der Waals surface area (Å²) in [6.07, 6.45) is 8.06. The summed E-state index contributed by atoms with van der Waals surface area (Å²) >= 11 is 0. The lowest BCUT2D eigenvalue weighted by molar-refractivity contribution is -0.122. The number of hydrogen-bond donors (Lipinski definition) is 1. The molecule has 1 N–H and O–H groups in total. The van der Waals surface area contributed by atoms with Crippen molar-refractivity contribution >= 4 is 5.91 Å². The highest BCUT2D eigenvalue weighted by Crippen LogP contribution is 2.25. The summed E-state index contributed by atoms with van der Waals surface area (Å²) in [6, 6.07) is 6.00. The highest BCUT2D eigenvalue weighted by molar-refractivity contribution is 5.76. The number of carbonyl (C=O) groups is 1. The Bertz CT molecular complexity index is 742. The van der Waals surface area contributed by atoms with Gasteiger partial charge in [-0.25, -0.2) is 0 Å². The molecule has 1 amide bonds. The molecule has 1 fully saturated rings. The lowest BCUT2D eigenvalue weighted by atomic mass is 9.98. The quantitative estimate of drug-likeness (QED) is 0.840. The minimum atomic E-state index is 0.0539. The van der Waals surface area contributed by atoms with Gasteiger partial charge in [-0.2, -0.15) is 5.10 Å². The van der Waals surface area contributed by atoms with Gasteiger partial charge in [-0.05, 0) is 36.5 Å². The molecule has 0 radical (unpaired) electrons. The van der Waals surface area contributed by atoms with Crippen LogP contribution in [0.1, 0.15) is 36.6 Å².